The van der Waals surface area contributed by atoms with Gasteiger partial charge in [-0.3, -0.25) is 4.79 Å². The summed E-state index contributed by atoms with van der Waals surface area (Å²) < 4.78 is 10.8. The van der Waals surface area contributed by atoms with Gasteiger partial charge in [0.1, 0.15) is 12.4 Å². The molecule has 0 aliphatic carbocycles. The number of benzene rings is 2. The fourth-order valence-electron chi connectivity index (χ4n) is 2.15. The first-order chi connectivity index (χ1) is 12.0. The summed E-state index contributed by atoms with van der Waals surface area (Å²) in [5.41, 5.74) is 2.06. The van der Waals surface area contributed by atoms with Crippen molar-refractivity contribution >= 4 is 17.7 Å². The highest BCUT2D eigenvalue weighted by Crippen LogP contribution is 2.28. The highest BCUT2D eigenvalue weighted by molar-refractivity contribution is 6.02. The molecule has 0 atom stereocenters. The third-order valence-corrected chi connectivity index (χ3v) is 3.38. The Morgan fingerprint density at radius 1 is 1.24 bits per heavy atom. The molecule has 0 saturated carbocycles. The van der Waals surface area contributed by atoms with E-state index in [1.807, 2.05) is 19.1 Å². The maximum Gasteiger partial charge on any atom is 0.248 e. The molecule has 0 bridgehead atoms. The molecule has 2 aromatic rings. The van der Waals surface area contributed by atoms with Crippen molar-refractivity contribution in [1.29, 1.82) is 0 Å². The van der Waals surface area contributed by atoms with Crippen LogP contribution in [0.25, 0.3) is 6.08 Å². The normalized spacial score (nSPS) is 10.5. The Morgan fingerprint density at radius 2 is 2.04 bits per heavy atom. The molecule has 5 nitrogen and oxygen atoms in total. The van der Waals surface area contributed by atoms with E-state index < -0.39 is 0 Å². The van der Waals surface area contributed by atoms with E-state index in [2.05, 4.69) is 11.9 Å². The maximum atomic E-state index is 12.0. The number of anilines is 1. The largest absolute Gasteiger partial charge is 0.506 e. The van der Waals surface area contributed by atoms with Crippen LogP contribution in [0.3, 0.4) is 0 Å². The molecule has 2 N–H and O–H groups in total. The molecule has 0 fully saturated rings. The van der Waals surface area contributed by atoms with Gasteiger partial charge in [0.25, 0.3) is 0 Å². The molecule has 0 aliphatic heterocycles. The lowest BCUT2D eigenvalue weighted by molar-refractivity contribution is -0.111. The second kappa shape index (κ2) is 8.59. The lowest BCUT2D eigenvalue weighted by Crippen LogP contribution is -2.07. The monoisotopic (exact) mass is 339 g/mol. The molecule has 2 rings (SSSR count). The zero-order chi connectivity index (χ0) is 18.2. The maximum absolute atomic E-state index is 12.0. The van der Waals surface area contributed by atoms with Gasteiger partial charge in [-0.25, -0.2) is 0 Å². The first kappa shape index (κ1) is 18.1. The molecular formula is C20H21NO4. The number of nitrogens with one attached hydrogen (secondary N) is 1. The molecule has 2 aromatic carbocycles. The number of rotatable bonds is 7. The molecule has 1 amide bonds. The minimum atomic E-state index is -0.342. The van der Waals surface area contributed by atoms with Gasteiger partial charge in [0.2, 0.25) is 5.91 Å². The number of aromatic hydroxyl groups is 1. The number of hydrogen-bond donors (Lipinski definition) is 2. The number of carbonyl (C=O) groups excluding carboxylic acids is 1. The standard InChI is InChI=1S/C20H21NO4/c1-4-11-25-18-9-6-15(13-19(18)24-3)7-10-20(23)21-16-8-5-14(2)12-17(16)22/h4-10,12-13,22H,1,11H2,2-3H3,(H,21,23)/b10-7+. The minimum absolute atomic E-state index is 0.0344. The van der Waals surface area contributed by atoms with Gasteiger partial charge in [0.15, 0.2) is 11.5 Å². The van der Waals surface area contributed by atoms with Crippen molar-refractivity contribution in [3.05, 3.63) is 66.3 Å². The lowest BCUT2D eigenvalue weighted by Gasteiger charge is -2.09. The summed E-state index contributed by atoms with van der Waals surface area (Å²) in [6.45, 7) is 5.85. The Labute approximate surface area is 147 Å². The predicted molar refractivity (Wildman–Crippen MR) is 99.2 cm³/mol. The first-order valence-corrected chi connectivity index (χ1v) is 7.74. The molecule has 25 heavy (non-hydrogen) atoms. The molecule has 0 unspecified atom stereocenters. The lowest BCUT2D eigenvalue weighted by atomic mass is 10.2. The van der Waals surface area contributed by atoms with Crippen LogP contribution in [-0.2, 0) is 4.79 Å². The number of carbonyl (C=O) groups is 1. The van der Waals surface area contributed by atoms with E-state index >= 15 is 0 Å². The Morgan fingerprint density at radius 3 is 2.72 bits per heavy atom. The van der Waals surface area contributed by atoms with E-state index in [1.165, 1.54) is 6.08 Å². The fraction of sp³-hybridized carbons (Fsp3) is 0.150. The molecule has 0 aromatic heterocycles. The Bertz CT molecular complexity index is 796. The van der Waals surface area contributed by atoms with Crippen LogP contribution in [0.5, 0.6) is 17.2 Å². The third kappa shape index (κ3) is 5.14. The van der Waals surface area contributed by atoms with Crippen LogP contribution in [-0.4, -0.2) is 24.7 Å². The van der Waals surface area contributed by atoms with Gasteiger partial charge in [-0.2, -0.15) is 0 Å². The topological polar surface area (TPSA) is 67.8 Å². The van der Waals surface area contributed by atoms with Crippen molar-refractivity contribution in [2.75, 3.05) is 19.0 Å². The summed E-state index contributed by atoms with van der Waals surface area (Å²) in [5.74, 6) is 0.867. The number of aryl methyl sites for hydroxylation is 1. The van der Waals surface area contributed by atoms with E-state index in [1.54, 1.807) is 43.5 Å². The second-order valence-electron chi connectivity index (χ2n) is 5.35. The zero-order valence-electron chi connectivity index (χ0n) is 14.3. The van der Waals surface area contributed by atoms with Gasteiger partial charge in [-0.05, 0) is 48.4 Å². The summed E-state index contributed by atoms with van der Waals surface area (Å²) >= 11 is 0. The van der Waals surface area contributed by atoms with E-state index in [-0.39, 0.29) is 11.7 Å². The van der Waals surface area contributed by atoms with Crippen molar-refractivity contribution in [1.82, 2.24) is 0 Å². The molecule has 0 heterocycles. The van der Waals surface area contributed by atoms with Crippen molar-refractivity contribution < 1.29 is 19.4 Å². The molecule has 0 saturated heterocycles. The van der Waals surface area contributed by atoms with Gasteiger partial charge in [-0.15, -0.1) is 0 Å². The van der Waals surface area contributed by atoms with Crippen LogP contribution in [0.2, 0.25) is 0 Å². The van der Waals surface area contributed by atoms with Crippen LogP contribution in [0.15, 0.2) is 55.1 Å². The molecular weight excluding hydrogens is 318 g/mol. The fourth-order valence-corrected chi connectivity index (χ4v) is 2.15. The van der Waals surface area contributed by atoms with Crippen LogP contribution in [0.4, 0.5) is 5.69 Å². The summed E-state index contributed by atoms with van der Waals surface area (Å²) in [6, 6.07) is 10.4. The van der Waals surface area contributed by atoms with Crippen LogP contribution in [0.1, 0.15) is 11.1 Å². The molecule has 130 valence electrons. The highest BCUT2D eigenvalue weighted by atomic mass is 16.5. The number of phenols is 1. The summed E-state index contributed by atoms with van der Waals surface area (Å²) in [5, 5.41) is 12.5. The Balaban J connectivity index is 2.07. The number of phenolic OH excluding ortho intramolecular Hbond substituents is 1. The third-order valence-electron chi connectivity index (χ3n) is 3.38. The van der Waals surface area contributed by atoms with E-state index in [0.29, 0.717) is 23.8 Å². The Hall–Kier alpha value is -3.21. The van der Waals surface area contributed by atoms with Gasteiger partial charge in [0, 0.05) is 6.08 Å². The van der Waals surface area contributed by atoms with Crippen LogP contribution < -0.4 is 14.8 Å². The molecule has 0 spiro atoms. The smallest absolute Gasteiger partial charge is 0.248 e. The average Bonchev–Trinajstić information content (AvgIpc) is 2.60. The van der Waals surface area contributed by atoms with E-state index in [0.717, 1.165) is 11.1 Å². The summed E-state index contributed by atoms with van der Waals surface area (Å²) in [7, 11) is 1.55. The van der Waals surface area contributed by atoms with Gasteiger partial charge < -0.3 is 19.9 Å². The van der Waals surface area contributed by atoms with Gasteiger partial charge in [-0.1, -0.05) is 24.8 Å². The summed E-state index contributed by atoms with van der Waals surface area (Å²) in [4.78, 5) is 12.0. The van der Waals surface area contributed by atoms with Crippen molar-refractivity contribution in [2.45, 2.75) is 6.92 Å². The Kier molecular flexibility index (Phi) is 6.23. The van der Waals surface area contributed by atoms with E-state index in [9.17, 15) is 9.90 Å². The zero-order valence-corrected chi connectivity index (χ0v) is 14.3. The second-order valence-corrected chi connectivity index (χ2v) is 5.35. The average molecular weight is 339 g/mol. The number of hydrogen-bond acceptors (Lipinski definition) is 4. The number of ether oxygens (including phenoxy) is 2. The van der Waals surface area contributed by atoms with Crippen molar-refractivity contribution in [3.8, 4) is 17.2 Å². The van der Waals surface area contributed by atoms with Gasteiger partial charge >= 0.3 is 0 Å². The summed E-state index contributed by atoms with van der Waals surface area (Å²) in [6.07, 6.45) is 4.69. The molecule has 0 aliphatic rings. The van der Waals surface area contributed by atoms with Gasteiger partial charge in [0.05, 0.1) is 12.8 Å². The first-order valence-electron chi connectivity index (χ1n) is 7.74. The van der Waals surface area contributed by atoms with Crippen LogP contribution in [0, 0.1) is 6.92 Å². The SMILES string of the molecule is C=CCOc1ccc(/C=C/C(=O)Nc2ccc(C)cc2O)cc1OC. The van der Waals surface area contributed by atoms with Crippen molar-refractivity contribution in [3.63, 3.8) is 0 Å². The number of amides is 1. The predicted octanol–water partition coefficient (Wildman–Crippen LogP) is 3.93. The van der Waals surface area contributed by atoms with E-state index in [4.69, 9.17) is 9.47 Å². The van der Waals surface area contributed by atoms with Crippen molar-refractivity contribution in [2.24, 2.45) is 0 Å². The highest BCUT2D eigenvalue weighted by Gasteiger charge is 2.06. The molecule has 0 radical (unpaired) electrons. The minimum Gasteiger partial charge on any atom is -0.506 e. The number of methoxy groups -OCH3 is 1. The van der Waals surface area contributed by atoms with Crippen LogP contribution >= 0.6 is 0 Å². The quantitative estimate of drug-likeness (QED) is 0.456. The molecule has 5 heteroatoms.